The Kier molecular flexibility index (Phi) is 7.20. The minimum Gasteiger partial charge on any atom is -0.462 e. The molecular weight excluding hydrogens is 400 g/mol. The highest BCUT2D eigenvalue weighted by Crippen LogP contribution is 2.23. The van der Waals surface area contributed by atoms with E-state index in [0.717, 1.165) is 22.7 Å². The van der Waals surface area contributed by atoms with E-state index in [1.807, 2.05) is 30.3 Å². The number of rotatable bonds is 8. The van der Waals surface area contributed by atoms with Crippen molar-refractivity contribution in [1.82, 2.24) is 0 Å². The minimum atomic E-state index is -0.497. The summed E-state index contributed by atoms with van der Waals surface area (Å²) in [6.07, 6.45) is 0.934. The predicted octanol–water partition coefficient (Wildman–Crippen LogP) is 3.99. The molecule has 3 rings (SSSR count). The molecule has 0 bridgehead atoms. The van der Waals surface area contributed by atoms with Gasteiger partial charge in [0, 0.05) is 16.6 Å². The van der Waals surface area contributed by atoms with Crippen molar-refractivity contribution in [2.75, 3.05) is 19.8 Å². The second-order valence-electron chi connectivity index (χ2n) is 5.97. The quantitative estimate of drug-likeness (QED) is 0.477. The highest BCUT2D eigenvalue weighted by Gasteiger charge is 2.24. The topological polar surface area (TPSA) is 54.0 Å². The van der Waals surface area contributed by atoms with Crippen LogP contribution in [0.25, 0.3) is 0 Å². The molecule has 0 aromatic heterocycles. The monoisotopic (exact) mass is 420 g/mol. The number of benzene rings is 2. The molecule has 1 fully saturated rings. The lowest BCUT2D eigenvalue weighted by Crippen LogP contribution is -2.40. The Morgan fingerprint density at radius 2 is 2.00 bits per heavy atom. The lowest BCUT2D eigenvalue weighted by molar-refractivity contribution is -0.211. The van der Waals surface area contributed by atoms with Crippen molar-refractivity contribution < 1.29 is 23.7 Å². The highest BCUT2D eigenvalue weighted by molar-refractivity contribution is 9.10. The average Bonchev–Trinajstić information content (AvgIpc) is 2.68. The number of halogens is 1. The normalized spacial score (nSPS) is 19.9. The fraction of sp³-hybridized carbons (Fsp3) is 0.350. The van der Waals surface area contributed by atoms with Crippen LogP contribution in [-0.4, -0.2) is 38.5 Å². The molecule has 2 aromatic rings. The van der Waals surface area contributed by atoms with Crippen LogP contribution in [0.5, 0.6) is 5.75 Å². The number of carbonyl (C=O) groups excluding carboxylic acids is 1. The van der Waals surface area contributed by atoms with Crippen LogP contribution in [0, 0.1) is 0 Å². The van der Waals surface area contributed by atoms with Crippen LogP contribution in [0.15, 0.2) is 53.0 Å². The molecule has 1 aliphatic rings. The van der Waals surface area contributed by atoms with E-state index in [1.54, 1.807) is 18.2 Å². The minimum absolute atomic E-state index is 0.0782. The molecule has 26 heavy (non-hydrogen) atoms. The van der Waals surface area contributed by atoms with Gasteiger partial charge in [-0.1, -0.05) is 46.3 Å². The number of hydrogen-bond donors (Lipinski definition) is 0. The molecule has 0 saturated carbocycles. The van der Waals surface area contributed by atoms with Gasteiger partial charge in [-0.3, -0.25) is 4.79 Å². The summed E-state index contributed by atoms with van der Waals surface area (Å²) in [5.74, 6) is 0.574. The van der Waals surface area contributed by atoms with E-state index in [1.165, 1.54) is 0 Å². The lowest BCUT2D eigenvalue weighted by atomic mass is 10.2. The van der Waals surface area contributed by atoms with E-state index < -0.39 is 6.29 Å². The smallest absolute Gasteiger partial charge is 0.223 e. The van der Waals surface area contributed by atoms with Gasteiger partial charge >= 0.3 is 0 Å². The fourth-order valence-electron chi connectivity index (χ4n) is 2.62. The van der Waals surface area contributed by atoms with E-state index in [4.69, 9.17) is 18.9 Å². The molecule has 2 atom stereocenters. The van der Waals surface area contributed by atoms with Gasteiger partial charge in [0.2, 0.25) is 6.29 Å². The van der Waals surface area contributed by atoms with Crippen molar-refractivity contribution in [3.63, 3.8) is 0 Å². The number of aldehydes is 1. The van der Waals surface area contributed by atoms with Crippen LogP contribution in [-0.2, 0) is 20.8 Å². The number of carbonyl (C=O) groups is 1. The molecule has 1 heterocycles. The van der Waals surface area contributed by atoms with Crippen molar-refractivity contribution >= 4 is 22.2 Å². The molecule has 0 radical (unpaired) electrons. The molecule has 0 aliphatic carbocycles. The standard InChI is InChI=1S/C20H21BrO5/c21-19-7-6-17(10-16(19)11-22)25-20-14-24-13-18(26-20)8-9-23-12-15-4-2-1-3-5-15/h1-7,10-11,18,20H,8-9,12-14H2. The van der Waals surface area contributed by atoms with E-state index in [-0.39, 0.29) is 6.10 Å². The summed E-state index contributed by atoms with van der Waals surface area (Å²) < 4.78 is 23.7. The molecule has 0 N–H and O–H groups in total. The summed E-state index contributed by atoms with van der Waals surface area (Å²) in [4.78, 5) is 11.0. The third-order valence-corrected chi connectivity index (χ3v) is 4.68. The largest absolute Gasteiger partial charge is 0.462 e. The van der Waals surface area contributed by atoms with E-state index in [2.05, 4.69) is 15.9 Å². The molecule has 0 amide bonds. The Bertz CT molecular complexity index is 707. The molecule has 1 saturated heterocycles. The van der Waals surface area contributed by atoms with E-state index in [9.17, 15) is 4.79 Å². The van der Waals surface area contributed by atoms with Gasteiger partial charge in [0.15, 0.2) is 6.29 Å². The Morgan fingerprint density at radius 1 is 1.15 bits per heavy atom. The average molecular weight is 421 g/mol. The van der Waals surface area contributed by atoms with Gasteiger partial charge in [-0.05, 0) is 30.2 Å². The maximum absolute atomic E-state index is 11.0. The van der Waals surface area contributed by atoms with Gasteiger partial charge in [-0.2, -0.15) is 0 Å². The van der Waals surface area contributed by atoms with Crippen LogP contribution < -0.4 is 4.74 Å². The van der Waals surface area contributed by atoms with Crippen molar-refractivity contribution in [1.29, 1.82) is 0 Å². The summed E-state index contributed by atoms with van der Waals surface area (Å²) in [6.45, 7) is 2.05. The van der Waals surface area contributed by atoms with Crippen molar-refractivity contribution in [2.45, 2.75) is 25.4 Å². The zero-order valence-corrected chi connectivity index (χ0v) is 15.9. The molecule has 2 unspecified atom stereocenters. The van der Waals surface area contributed by atoms with Crippen LogP contribution in [0.1, 0.15) is 22.3 Å². The Hall–Kier alpha value is -1.73. The first-order valence-corrected chi connectivity index (χ1v) is 9.30. The first kappa shape index (κ1) is 19.0. The van der Waals surface area contributed by atoms with E-state index >= 15 is 0 Å². The van der Waals surface area contributed by atoms with Crippen molar-refractivity contribution in [2.24, 2.45) is 0 Å². The first-order valence-electron chi connectivity index (χ1n) is 8.51. The number of ether oxygens (including phenoxy) is 4. The molecule has 138 valence electrons. The molecular formula is C20H21BrO5. The van der Waals surface area contributed by atoms with Gasteiger partial charge in [-0.25, -0.2) is 0 Å². The molecule has 0 spiro atoms. The van der Waals surface area contributed by atoms with Crippen LogP contribution in [0.2, 0.25) is 0 Å². The third-order valence-electron chi connectivity index (χ3n) is 3.96. The second-order valence-corrected chi connectivity index (χ2v) is 6.83. The molecule has 2 aromatic carbocycles. The lowest BCUT2D eigenvalue weighted by Gasteiger charge is -2.30. The maximum Gasteiger partial charge on any atom is 0.223 e. The van der Waals surface area contributed by atoms with Gasteiger partial charge in [0.1, 0.15) is 12.4 Å². The van der Waals surface area contributed by atoms with Crippen LogP contribution in [0.3, 0.4) is 0 Å². The maximum atomic E-state index is 11.0. The summed E-state index contributed by atoms with van der Waals surface area (Å²) in [7, 11) is 0. The predicted molar refractivity (Wildman–Crippen MR) is 100 cm³/mol. The molecule has 1 aliphatic heterocycles. The Labute approximate surface area is 161 Å². The Morgan fingerprint density at radius 3 is 2.81 bits per heavy atom. The summed E-state index contributed by atoms with van der Waals surface area (Å²) in [5, 5.41) is 0. The van der Waals surface area contributed by atoms with Gasteiger partial charge < -0.3 is 18.9 Å². The number of hydrogen-bond acceptors (Lipinski definition) is 5. The SMILES string of the molecule is O=Cc1cc(OC2COCC(CCOCc3ccccc3)O2)ccc1Br. The van der Waals surface area contributed by atoms with Crippen molar-refractivity contribution in [3.8, 4) is 5.75 Å². The van der Waals surface area contributed by atoms with Gasteiger partial charge in [0.25, 0.3) is 0 Å². The summed E-state index contributed by atoms with van der Waals surface area (Å²) in [6, 6.07) is 15.3. The van der Waals surface area contributed by atoms with Crippen LogP contribution in [0.4, 0.5) is 0 Å². The second kappa shape index (κ2) is 9.83. The third kappa shape index (κ3) is 5.64. The van der Waals surface area contributed by atoms with Gasteiger partial charge in [0.05, 0.1) is 19.3 Å². The zero-order valence-electron chi connectivity index (χ0n) is 14.3. The summed E-state index contributed by atoms with van der Waals surface area (Å²) >= 11 is 3.32. The molecule has 6 heteroatoms. The van der Waals surface area contributed by atoms with Crippen LogP contribution >= 0.6 is 15.9 Å². The summed E-state index contributed by atoms with van der Waals surface area (Å²) in [5.41, 5.74) is 1.68. The van der Waals surface area contributed by atoms with E-state index in [0.29, 0.717) is 37.7 Å². The van der Waals surface area contributed by atoms with Gasteiger partial charge in [-0.15, -0.1) is 0 Å². The highest BCUT2D eigenvalue weighted by atomic mass is 79.9. The van der Waals surface area contributed by atoms with Crippen molar-refractivity contribution in [3.05, 3.63) is 64.1 Å². The first-order chi connectivity index (χ1) is 12.7. The zero-order chi connectivity index (χ0) is 18.2. The Balaban J connectivity index is 1.43. The fourth-order valence-corrected chi connectivity index (χ4v) is 2.96. The molecule has 5 nitrogen and oxygen atoms in total.